The molecular weight excluding hydrogens is 252 g/mol. The van der Waals surface area contributed by atoms with E-state index >= 15 is 0 Å². The average Bonchev–Trinajstić information content (AvgIpc) is 2.49. The van der Waals surface area contributed by atoms with Crippen molar-refractivity contribution in [2.45, 2.75) is 25.3 Å². The van der Waals surface area contributed by atoms with Gasteiger partial charge in [0.05, 0.1) is 6.04 Å². The van der Waals surface area contributed by atoms with E-state index in [0.29, 0.717) is 11.5 Å². The Hall–Kier alpha value is -2.34. The van der Waals surface area contributed by atoms with Gasteiger partial charge in [0.2, 0.25) is 0 Å². The lowest BCUT2D eigenvalue weighted by Crippen LogP contribution is -2.45. The van der Waals surface area contributed by atoms with E-state index in [1.807, 2.05) is 0 Å². The lowest BCUT2D eigenvalue weighted by atomic mass is 9.88. The van der Waals surface area contributed by atoms with Crippen LogP contribution in [0.3, 0.4) is 0 Å². The Labute approximate surface area is 117 Å². The number of aromatic nitrogens is 2. The van der Waals surface area contributed by atoms with Crippen molar-refractivity contribution in [1.82, 2.24) is 9.97 Å². The third-order valence-electron chi connectivity index (χ3n) is 3.85. The summed E-state index contributed by atoms with van der Waals surface area (Å²) in [7, 11) is 0. The summed E-state index contributed by atoms with van der Waals surface area (Å²) in [6.07, 6.45) is 4.25. The van der Waals surface area contributed by atoms with Crippen LogP contribution in [0.25, 0.3) is 0 Å². The summed E-state index contributed by atoms with van der Waals surface area (Å²) in [5, 5.41) is 1.63. The summed E-state index contributed by atoms with van der Waals surface area (Å²) in [6.45, 7) is 0. The largest absolute Gasteiger partial charge is 0.393 e. The molecule has 3 rings (SSSR count). The third kappa shape index (κ3) is 2.14. The Morgan fingerprint density at radius 1 is 1.10 bits per heavy atom. The van der Waals surface area contributed by atoms with E-state index in [9.17, 15) is 0 Å². The van der Waals surface area contributed by atoms with Crippen molar-refractivity contribution >= 4 is 17.3 Å². The van der Waals surface area contributed by atoms with Gasteiger partial charge in [-0.05, 0) is 30.4 Å². The molecule has 6 N–H and O–H groups in total. The van der Waals surface area contributed by atoms with Gasteiger partial charge in [0, 0.05) is 0 Å². The molecule has 1 aromatic carbocycles. The second-order valence-electron chi connectivity index (χ2n) is 5.07. The van der Waals surface area contributed by atoms with Gasteiger partial charge in [0.15, 0.2) is 11.6 Å². The first-order chi connectivity index (χ1) is 9.66. The molecule has 1 atom stereocenters. The first kappa shape index (κ1) is 12.7. The molecule has 0 saturated heterocycles. The Bertz CT molecular complexity index is 627. The quantitative estimate of drug-likeness (QED) is 0.552. The highest BCUT2D eigenvalue weighted by Gasteiger charge is 2.25. The van der Waals surface area contributed by atoms with Crippen molar-refractivity contribution in [3.05, 3.63) is 41.7 Å². The molecule has 1 aliphatic rings. The molecule has 1 aliphatic carbocycles. The number of nitrogens with two attached hydrogens (primary N) is 3. The summed E-state index contributed by atoms with van der Waals surface area (Å²) in [4.78, 5) is 8.02. The highest BCUT2D eigenvalue weighted by molar-refractivity contribution is 5.73. The van der Waals surface area contributed by atoms with Crippen LogP contribution in [0.15, 0.2) is 30.6 Å². The SMILES string of the molecule is Nc1ncnc(N(N)C2CCc3ccccc3C2)c1N. The number of fused-ring (bicyclic) bond motifs is 1. The molecule has 1 aromatic heterocycles. The highest BCUT2D eigenvalue weighted by Crippen LogP contribution is 2.29. The van der Waals surface area contributed by atoms with E-state index in [2.05, 4.69) is 34.2 Å². The van der Waals surface area contributed by atoms with Gasteiger partial charge in [-0.1, -0.05) is 24.3 Å². The van der Waals surface area contributed by atoms with Crippen molar-refractivity contribution in [1.29, 1.82) is 0 Å². The number of benzene rings is 1. The van der Waals surface area contributed by atoms with Gasteiger partial charge >= 0.3 is 0 Å². The van der Waals surface area contributed by atoms with Gasteiger partial charge in [-0.3, -0.25) is 5.01 Å². The summed E-state index contributed by atoms with van der Waals surface area (Å²) in [5.41, 5.74) is 14.7. The fraction of sp³-hybridized carbons (Fsp3) is 0.286. The van der Waals surface area contributed by atoms with Crippen molar-refractivity contribution in [2.24, 2.45) is 5.84 Å². The molecule has 104 valence electrons. The lowest BCUT2D eigenvalue weighted by molar-refractivity contribution is 0.526. The van der Waals surface area contributed by atoms with Crippen LogP contribution in [0.5, 0.6) is 0 Å². The zero-order chi connectivity index (χ0) is 14.1. The number of aryl methyl sites for hydroxylation is 1. The number of nitrogens with zero attached hydrogens (tertiary/aromatic N) is 3. The Kier molecular flexibility index (Phi) is 3.15. The molecule has 0 bridgehead atoms. The first-order valence-electron chi connectivity index (χ1n) is 6.63. The molecule has 0 aliphatic heterocycles. The minimum absolute atomic E-state index is 0.168. The molecule has 0 amide bonds. The first-order valence-corrected chi connectivity index (χ1v) is 6.63. The normalized spacial score (nSPS) is 17.6. The number of anilines is 3. The highest BCUT2D eigenvalue weighted by atomic mass is 15.5. The fourth-order valence-electron chi connectivity index (χ4n) is 2.69. The number of hydrazine groups is 1. The zero-order valence-corrected chi connectivity index (χ0v) is 11.2. The van der Waals surface area contributed by atoms with E-state index in [1.165, 1.54) is 17.5 Å². The van der Waals surface area contributed by atoms with Crippen LogP contribution in [0.1, 0.15) is 17.5 Å². The zero-order valence-electron chi connectivity index (χ0n) is 11.2. The maximum atomic E-state index is 6.20. The minimum Gasteiger partial charge on any atom is -0.393 e. The Morgan fingerprint density at radius 2 is 1.85 bits per heavy atom. The van der Waals surface area contributed by atoms with Gasteiger partial charge in [-0.2, -0.15) is 0 Å². The molecule has 6 nitrogen and oxygen atoms in total. The molecular formula is C14H18N6. The van der Waals surface area contributed by atoms with Crippen molar-refractivity contribution < 1.29 is 0 Å². The van der Waals surface area contributed by atoms with Crippen molar-refractivity contribution in [2.75, 3.05) is 16.5 Å². The maximum absolute atomic E-state index is 6.20. The van der Waals surface area contributed by atoms with Gasteiger partial charge in [0.1, 0.15) is 12.0 Å². The van der Waals surface area contributed by atoms with Crippen LogP contribution in [-0.2, 0) is 12.8 Å². The van der Waals surface area contributed by atoms with Crippen LogP contribution in [-0.4, -0.2) is 16.0 Å². The molecule has 1 heterocycles. The number of nitrogen functional groups attached to an aromatic ring is 2. The van der Waals surface area contributed by atoms with Crippen LogP contribution in [0, 0.1) is 0 Å². The predicted octanol–water partition coefficient (Wildman–Crippen LogP) is 0.879. The second kappa shape index (κ2) is 4.97. The van der Waals surface area contributed by atoms with E-state index in [-0.39, 0.29) is 11.9 Å². The van der Waals surface area contributed by atoms with Crippen molar-refractivity contribution in [3.8, 4) is 0 Å². The van der Waals surface area contributed by atoms with Gasteiger partial charge in [-0.25, -0.2) is 15.8 Å². The number of hydrogen-bond donors (Lipinski definition) is 3. The molecule has 0 spiro atoms. The topological polar surface area (TPSA) is 107 Å². The van der Waals surface area contributed by atoms with Crippen LogP contribution >= 0.6 is 0 Å². The standard InChI is InChI=1S/C14H18N6/c15-12-13(16)18-8-19-14(12)20(17)11-6-5-9-3-1-2-4-10(9)7-11/h1-4,8,11H,5-7,15,17H2,(H2,16,18,19). The smallest absolute Gasteiger partial charge is 0.171 e. The molecule has 0 saturated carbocycles. The molecule has 0 fully saturated rings. The average molecular weight is 270 g/mol. The summed E-state index contributed by atoms with van der Waals surface area (Å²) < 4.78 is 0. The Morgan fingerprint density at radius 3 is 2.65 bits per heavy atom. The van der Waals surface area contributed by atoms with Gasteiger partial charge in [0.25, 0.3) is 0 Å². The van der Waals surface area contributed by atoms with E-state index in [0.717, 1.165) is 19.3 Å². The van der Waals surface area contributed by atoms with Crippen LogP contribution in [0.4, 0.5) is 17.3 Å². The van der Waals surface area contributed by atoms with E-state index in [4.69, 9.17) is 17.3 Å². The summed E-state index contributed by atoms with van der Waals surface area (Å²) in [6, 6.07) is 8.61. The molecule has 0 radical (unpaired) electrons. The lowest BCUT2D eigenvalue weighted by Gasteiger charge is -2.33. The van der Waals surface area contributed by atoms with Gasteiger partial charge < -0.3 is 11.5 Å². The molecule has 2 aromatic rings. The van der Waals surface area contributed by atoms with E-state index < -0.39 is 0 Å². The van der Waals surface area contributed by atoms with Crippen LogP contribution in [0.2, 0.25) is 0 Å². The predicted molar refractivity (Wildman–Crippen MR) is 79.8 cm³/mol. The minimum atomic E-state index is 0.168. The molecule has 6 heteroatoms. The monoisotopic (exact) mass is 270 g/mol. The second-order valence-corrected chi connectivity index (χ2v) is 5.07. The summed E-state index contributed by atoms with van der Waals surface area (Å²) >= 11 is 0. The van der Waals surface area contributed by atoms with Crippen molar-refractivity contribution in [3.63, 3.8) is 0 Å². The van der Waals surface area contributed by atoms with Gasteiger partial charge in [-0.15, -0.1) is 0 Å². The Balaban J connectivity index is 1.86. The maximum Gasteiger partial charge on any atom is 0.171 e. The number of hydrogen-bond acceptors (Lipinski definition) is 6. The van der Waals surface area contributed by atoms with Crippen LogP contribution < -0.4 is 22.3 Å². The third-order valence-corrected chi connectivity index (χ3v) is 3.85. The van der Waals surface area contributed by atoms with E-state index in [1.54, 1.807) is 5.01 Å². The molecule has 20 heavy (non-hydrogen) atoms. The summed E-state index contributed by atoms with van der Waals surface area (Å²) in [5.74, 6) is 6.97. The fourth-order valence-corrected chi connectivity index (χ4v) is 2.69. The number of rotatable bonds is 2. The molecule has 1 unspecified atom stereocenters.